The molecule has 1 rings (SSSR count). The van der Waals surface area contributed by atoms with Crippen molar-refractivity contribution in [1.82, 2.24) is 5.32 Å². The molecular formula is C12H23NO2. The van der Waals surface area contributed by atoms with Gasteiger partial charge in [0.2, 0.25) is 0 Å². The van der Waals surface area contributed by atoms with Crippen molar-refractivity contribution in [3.05, 3.63) is 0 Å². The number of rotatable bonds is 2. The summed E-state index contributed by atoms with van der Waals surface area (Å²) in [6, 6.07) is 0.241. The Labute approximate surface area is 92.6 Å². The number of hydrogen-bond acceptors (Lipinski definition) is 3. The lowest BCUT2D eigenvalue weighted by Gasteiger charge is -2.39. The van der Waals surface area contributed by atoms with Crippen molar-refractivity contribution >= 4 is 5.97 Å². The number of piperidine rings is 1. The van der Waals surface area contributed by atoms with Crippen LogP contribution in [0.5, 0.6) is 0 Å². The molecule has 15 heavy (non-hydrogen) atoms. The lowest BCUT2D eigenvalue weighted by atomic mass is 9.75. The number of carbonyl (C=O) groups excluding carboxylic acids is 1. The van der Waals surface area contributed by atoms with E-state index in [-0.39, 0.29) is 23.3 Å². The zero-order valence-electron chi connectivity index (χ0n) is 10.3. The zero-order valence-corrected chi connectivity index (χ0v) is 10.3. The number of esters is 1. The normalized spacial score (nSPS) is 27.5. The van der Waals surface area contributed by atoms with Gasteiger partial charge in [-0.05, 0) is 31.7 Å². The van der Waals surface area contributed by atoms with Crippen LogP contribution >= 0.6 is 0 Å². The Morgan fingerprint density at radius 1 is 1.47 bits per heavy atom. The molecule has 0 aromatic rings. The standard InChI is InChI=1S/C12H23NO2/c1-5-15-11(14)9-7-6-8-13-10(9)12(2,3)4/h9-10,13H,5-8H2,1-4H3. The van der Waals surface area contributed by atoms with Crippen LogP contribution in [0.3, 0.4) is 0 Å². The van der Waals surface area contributed by atoms with Gasteiger partial charge in [0, 0.05) is 6.04 Å². The molecule has 88 valence electrons. The molecular weight excluding hydrogens is 190 g/mol. The molecule has 0 saturated carbocycles. The van der Waals surface area contributed by atoms with E-state index in [0.29, 0.717) is 6.61 Å². The fourth-order valence-electron chi connectivity index (χ4n) is 2.30. The Morgan fingerprint density at radius 3 is 2.67 bits per heavy atom. The second-order valence-corrected chi connectivity index (χ2v) is 5.30. The maximum absolute atomic E-state index is 11.8. The predicted molar refractivity (Wildman–Crippen MR) is 60.6 cm³/mol. The van der Waals surface area contributed by atoms with Gasteiger partial charge in [0.1, 0.15) is 0 Å². The fourth-order valence-corrected chi connectivity index (χ4v) is 2.30. The third kappa shape index (κ3) is 3.20. The van der Waals surface area contributed by atoms with E-state index < -0.39 is 0 Å². The third-order valence-corrected chi connectivity index (χ3v) is 2.98. The van der Waals surface area contributed by atoms with Gasteiger partial charge in [-0.15, -0.1) is 0 Å². The van der Waals surface area contributed by atoms with Crippen molar-refractivity contribution in [1.29, 1.82) is 0 Å². The van der Waals surface area contributed by atoms with Gasteiger partial charge in [0.25, 0.3) is 0 Å². The van der Waals surface area contributed by atoms with Crippen molar-refractivity contribution in [3.8, 4) is 0 Å². The van der Waals surface area contributed by atoms with Crippen LogP contribution in [0.25, 0.3) is 0 Å². The molecule has 2 unspecified atom stereocenters. The monoisotopic (exact) mass is 213 g/mol. The van der Waals surface area contributed by atoms with Crippen molar-refractivity contribution in [2.24, 2.45) is 11.3 Å². The maximum atomic E-state index is 11.8. The minimum absolute atomic E-state index is 0.0266. The summed E-state index contributed by atoms with van der Waals surface area (Å²) >= 11 is 0. The number of ether oxygens (including phenoxy) is 1. The third-order valence-electron chi connectivity index (χ3n) is 2.98. The van der Waals surface area contributed by atoms with E-state index in [4.69, 9.17) is 4.74 Å². The summed E-state index contributed by atoms with van der Waals surface area (Å²) in [7, 11) is 0. The SMILES string of the molecule is CCOC(=O)C1CCCNC1C(C)(C)C. The Bertz CT molecular complexity index is 220. The lowest BCUT2D eigenvalue weighted by Crippen LogP contribution is -2.52. The molecule has 0 aromatic heterocycles. The Hall–Kier alpha value is -0.570. The molecule has 2 atom stereocenters. The van der Waals surface area contributed by atoms with Gasteiger partial charge >= 0.3 is 5.97 Å². The minimum atomic E-state index is -0.0374. The molecule has 1 fully saturated rings. The summed E-state index contributed by atoms with van der Waals surface area (Å²) in [6.45, 7) is 9.86. The Balaban J connectivity index is 2.70. The van der Waals surface area contributed by atoms with Crippen molar-refractivity contribution in [2.45, 2.75) is 46.6 Å². The number of nitrogens with one attached hydrogen (secondary N) is 1. The molecule has 1 aliphatic rings. The van der Waals surface area contributed by atoms with E-state index in [1.807, 2.05) is 6.92 Å². The minimum Gasteiger partial charge on any atom is -0.466 e. The first-order chi connectivity index (χ1) is 6.96. The van der Waals surface area contributed by atoms with Crippen LogP contribution in [-0.2, 0) is 9.53 Å². The summed E-state index contributed by atoms with van der Waals surface area (Å²) in [4.78, 5) is 11.8. The lowest BCUT2D eigenvalue weighted by molar-refractivity contribution is -0.151. The van der Waals surface area contributed by atoms with Crippen molar-refractivity contribution in [2.75, 3.05) is 13.2 Å². The van der Waals surface area contributed by atoms with E-state index in [2.05, 4.69) is 26.1 Å². The molecule has 1 N–H and O–H groups in total. The highest BCUT2D eigenvalue weighted by Gasteiger charge is 2.38. The Morgan fingerprint density at radius 2 is 2.13 bits per heavy atom. The van der Waals surface area contributed by atoms with Gasteiger partial charge < -0.3 is 10.1 Å². The molecule has 1 aliphatic heterocycles. The van der Waals surface area contributed by atoms with Crippen LogP contribution in [0.1, 0.15) is 40.5 Å². The first kappa shape index (κ1) is 12.5. The van der Waals surface area contributed by atoms with Crippen LogP contribution < -0.4 is 5.32 Å². The molecule has 1 heterocycles. The van der Waals surface area contributed by atoms with Crippen LogP contribution in [0.4, 0.5) is 0 Å². The highest BCUT2D eigenvalue weighted by Crippen LogP contribution is 2.31. The summed E-state index contributed by atoms with van der Waals surface area (Å²) in [6.07, 6.45) is 2.02. The van der Waals surface area contributed by atoms with E-state index >= 15 is 0 Å². The largest absolute Gasteiger partial charge is 0.466 e. The quantitative estimate of drug-likeness (QED) is 0.713. The van der Waals surface area contributed by atoms with Gasteiger partial charge in [-0.1, -0.05) is 20.8 Å². The first-order valence-electron chi connectivity index (χ1n) is 5.87. The molecule has 3 heteroatoms. The molecule has 0 aromatic carbocycles. The highest BCUT2D eigenvalue weighted by atomic mass is 16.5. The molecule has 0 bridgehead atoms. The Kier molecular flexibility index (Phi) is 4.14. The highest BCUT2D eigenvalue weighted by molar-refractivity contribution is 5.73. The summed E-state index contributed by atoms with van der Waals surface area (Å²) in [5.41, 5.74) is 0.109. The van der Waals surface area contributed by atoms with Crippen LogP contribution in [-0.4, -0.2) is 25.2 Å². The molecule has 1 saturated heterocycles. The molecule has 0 aliphatic carbocycles. The van der Waals surface area contributed by atoms with Crippen LogP contribution in [0.15, 0.2) is 0 Å². The van der Waals surface area contributed by atoms with Gasteiger partial charge in [-0.25, -0.2) is 0 Å². The van der Waals surface area contributed by atoms with Gasteiger partial charge in [-0.3, -0.25) is 4.79 Å². The topological polar surface area (TPSA) is 38.3 Å². The fraction of sp³-hybridized carbons (Fsp3) is 0.917. The maximum Gasteiger partial charge on any atom is 0.310 e. The first-order valence-corrected chi connectivity index (χ1v) is 5.87. The van der Waals surface area contributed by atoms with Gasteiger partial charge in [0.05, 0.1) is 12.5 Å². The summed E-state index contributed by atoms with van der Waals surface area (Å²) in [5.74, 6) is -0.0108. The molecule has 0 radical (unpaired) electrons. The second-order valence-electron chi connectivity index (χ2n) is 5.30. The van der Waals surface area contributed by atoms with E-state index in [1.165, 1.54) is 0 Å². The van der Waals surface area contributed by atoms with Crippen LogP contribution in [0, 0.1) is 11.3 Å². The summed E-state index contributed by atoms with van der Waals surface area (Å²) in [5, 5.41) is 3.45. The van der Waals surface area contributed by atoms with Gasteiger partial charge in [0.15, 0.2) is 0 Å². The van der Waals surface area contributed by atoms with E-state index in [9.17, 15) is 4.79 Å². The van der Waals surface area contributed by atoms with Crippen molar-refractivity contribution in [3.63, 3.8) is 0 Å². The molecule has 0 amide bonds. The van der Waals surface area contributed by atoms with Gasteiger partial charge in [-0.2, -0.15) is 0 Å². The smallest absolute Gasteiger partial charge is 0.310 e. The number of hydrogen-bond donors (Lipinski definition) is 1. The molecule has 0 spiro atoms. The number of carbonyl (C=O) groups is 1. The average Bonchev–Trinajstić information content (AvgIpc) is 2.17. The second kappa shape index (κ2) is 4.97. The average molecular weight is 213 g/mol. The zero-order chi connectivity index (χ0) is 11.5. The van der Waals surface area contributed by atoms with Crippen LogP contribution in [0.2, 0.25) is 0 Å². The van der Waals surface area contributed by atoms with E-state index in [1.54, 1.807) is 0 Å². The predicted octanol–water partition coefficient (Wildman–Crippen LogP) is 1.96. The van der Waals surface area contributed by atoms with Crippen molar-refractivity contribution < 1.29 is 9.53 Å². The van der Waals surface area contributed by atoms with E-state index in [0.717, 1.165) is 19.4 Å². The molecule has 3 nitrogen and oxygen atoms in total. The summed E-state index contributed by atoms with van der Waals surface area (Å²) < 4.78 is 5.13.